The van der Waals surface area contributed by atoms with Crippen molar-refractivity contribution in [3.05, 3.63) is 54.8 Å². The normalized spacial score (nSPS) is 12.8. The summed E-state index contributed by atoms with van der Waals surface area (Å²) in [5.74, 6) is -0.199. The van der Waals surface area contributed by atoms with E-state index >= 15 is 0 Å². The van der Waals surface area contributed by atoms with Crippen LogP contribution in [0.5, 0.6) is 0 Å². The number of halogens is 4. The first-order valence-corrected chi connectivity index (χ1v) is 7.74. The molecule has 2 rings (SSSR count). The number of benzene rings is 1. The first kappa shape index (κ1) is 12.7. The van der Waals surface area contributed by atoms with Gasteiger partial charge in [-0.3, -0.25) is 0 Å². The number of hydrogen-bond acceptors (Lipinski definition) is 1. The summed E-state index contributed by atoms with van der Waals surface area (Å²) in [6.07, 6.45) is 0. The van der Waals surface area contributed by atoms with Gasteiger partial charge in [0.2, 0.25) is 0 Å². The third kappa shape index (κ3) is 2.75. The maximum absolute atomic E-state index is 13.7. The predicted molar refractivity (Wildman–Crippen MR) is 76.9 cm³/mol. The average molecular weight is 429 g/mol. The summed E-state index contributed by atoms with van der Waals surface area (Å²) in [5.41, 5.74) is 0.642. The van der Waals surface area contributed by atoms with Gasteiger partial charge in [0.25, 0.3) is 0 Å². The molecule has 0 fully saturated rings. The predicted octanol–water partition coefficient (Wildman–Crippen LogP) is 5.90. The van der Waals surface area contributed by atoms with Crippen LogP contribution in [0.3, 0.4) is 0 Å². The minimum absolute atomic E-state index is 0.110. The molecular weight excluding hydrogens is 423 g/mol. The van der Waals surface area contributed by atoms with Crippen LogP contribution in [-0.4, -0.2) is 0 Å². The Kier molecular flexibility index (Phi) is 4.21. The Balaban J connectivity index is 2.40. The zero-order valence-corrected chi connectivity index (χ0v) is 13.5. The van der Waals surface area contributed by atoms with Crippen LogP contribution in [0.25, 0.3) is 0 Å². The highest BCUT2D eigenvalue weighted by molar-refractivity contribution is 9.11. The molecule has 5 heteroatoms. The van der Waals surface area contributed by atoms with E-state index in [1.807, 2.05) is 12.1 Å². The second kappa shape index (κ2) is 5.29. The Bertz CT molecular complexity index is 510. The lowest BCUT2D eigenvalue weighted by Gasteiger charge is -2.09. The van der Waals surface area contributed by atoms with Crippen LogP contribution in [0.15, 0.2) is 38.6 Å². The van der Waals surface area contributed by atoms with Gasteiger partial charge < -0.3 is 0 Å². The fraction of sp³-hybridized carbons (Fsp3) is 0.0909. The SMILES string of the molecule is Fc1ccc(Br)cc1C(Br)c1ccc(Br)s1. The molecule has 2 aromatic rings. The van der Waals surface area contributed by atoms with E-state index in [4.69, 9.17) is 0 Å². The van der Waals surface area contributed by atoms with Crippen LogP contribution in [-0.2, 0) is 0 Å². The fourth-order valence-electron chi connectivity index (χ4n) is 1.33. The molecule has 0 saturated carbocycles. The summed E-state index contributed by atoms with van der Waals surface area (Å²) in [6, 6.07) is 8.90. The summed E-state index contributed by atoms with van der Waals surface area (Å²) in [7, 11) is 0. The number of thiophene rings is 1. The fourth-order valence-corrected chi connectivity index (χ4v) is 3.91. The van der Waals surface area contributed by atoms with Crippen LogP contribution < -0.4 is 0 Å². The lowest BCUT2D eigenvalue weighted by molar-refractivity contribution is 0.613. The molecule has 0 nitrogen and oxygen atoms in total. The number of hydrogen-bond donors (Lipinski definition) is 0. The van der Waals surface area contributed by atoms with E-state index in [1.54, 1.807) is 23.5 Å². The van der Waals surface area contributed by atoms with Gasteiger partial charge in [0.05, 0.1) is 8.61 Å². The Labute approximate surface area is 122 Å². The highest BCUT2D eigenvalue weighted by Crippen LogP contribution is 2.38. The topological polar surface area (TPSA) is 0 Å². The van der Waals surface area contributed by atoms with Gasteiger partial charge in [-0.25, -0.2) is 4.39 Å². The molecule has 84 valence electrons. The second-order valence-corrected chi connectivity index (χ2v) is 7.50. The highest BCUT2D eigenvalue weighted by atomic mass is 79.9. The molecule has 0 N–H and O–H groups in total. The zero-order chi connectivity index (χ0) is 11.7. The Morgan fingerprint density at radius 2 is 1.88 bits per heavy atom. The molecule has 0 amide bonds. The zero-order valence-electron chi connectivity index (χ0n) is 7.88. The Hall–Kier alpha value is 0.290. The minimum Gasteiger partial charge on any atom is -0.207 e. The van der Waals surface area contributed by atoms with Gasteiger partial charge >= 0.3 is 0 Å². The van der Waals surface area contributed by atoms with E-state index in [0.29, 0.717) is 5.56 Å². The quantitative estimate of drug-likeness (QED) is 0.522. The van der Waals surface area contributed by atoms with E-state index in [1.165, 1.54) is 6.07 Å². The molecule has 0 spiro atoms. The van der Waals surface area contributed by atoms with Gasteiger partial charge in [-0.05, 0) is 46.3 Å². The molecule has 0 aliphatic heterocycles. The number of alkyl halides is 1. The molecule has 16 heavy (non-hydrogen) atoms. The van der Waals surface area contributed by atoms with E-state index in [0.717, 1.165) is 13.1 Å². The van der Waals surface area contributed by atoms with Crippen molar-refractivity contribution >= 4 is 59.1 Å². The molecule has 0 aliphatic carbocycles. The van der Waals surface area contributed by atoms with E-state index in [2.05, 4.69) is 47.8 Å². The summed E-state index contributed by atoms with van der Waals surface area (Å²) in [5, 5.41) is 0. The van der Waals surface area contributed by atoms with E-state index < -0.39 is 0 Å². The molecule has 0 aliphatic rings. The summed E-state index contributed by atoms with van der Waals surface area (Å²) in [4.78, 5) is 0.963. The molecule has 1 aromatic heterocycles. The van der Waals surface area contributed by atoms with Gasteiger partial charge in [0.1, 0.15) is 5.82 Å². The third-order valence-electron chi connectivity index (χ3n) is 2.07. The molecule has 1 heterocycles. The maximum Gasteiger partial charge on any atom is 0.127 e. The average Bonchev–Trinajstić information content (AvgIpc) is 2.67. The van der Waals surface area contributed by atoms with Crippen molar-refractivity contribution in [2.75, 3.05) is 0 Å². The molecule has 1 aromatic carbocycles. The van der Waals surface area contributed by atoms with Crippen molar-refractivity contribution in [2.24, 2.45) is 0 Å². The largest absolute Gasteiger partial charge is 0.207 e. The lowest BCUT2D eigenvalue weighted by atomic mass is 10.1. The van der Waals surface area contributed by atoms with Crippen LogP contribution in [0.1, 0.15) is 15.3 Å². The van der Waals surface area contributed by atoms with Crippen molar-refractivity contribution in [2.45, 2.75) is 4.83 Å². The Morgan fingerprint density at radius 3 is 2.50 bits per heavy atom. The van der Waals surface area contributed by atoms with Gasteiger partial charge in [0.15, 0.2) is 0 Å². The van der Waals surface area contributed by atoms with Gasteiger partial charge in [-0.2, -0.15) is 0 Å². The van der Waals surface area contributed by atoms with E-state index in [9.17, 15) is 4.39 Å². The van der Waals surface area contributed by atoms with Crippen LogP contribution in [0.2, 0.25) is 0 Å². The molecule has 0 bridgehead atoms. The molecule has 0 radical (unpaired) electrons. The van der Waals surface area contributed by atoms with Gasteiger partial charge in [-0.1, -0.05) is 31.9 Å². The van der Waals surface area contributed by atoms with Gasteiger partial charge in [-0.15, -0.1) is 11.3 Å². The van der Waals surface area contributed by atoms with Crippen molar-refractivity contribution in [3.63, 3.8) is 0 Å². The summed E-state index contributed by atoms with van der Waals surface area (Å²) in [6.45, 7) is 0. The highest BCUT2D eigenvalue weighted by Gasteiger charge is 2.16. The number of rotatable bonds is 2. The smallest absolute Gasteiger partial charge is 0.127 e. The first-order chi connectivity index (χ1) is 7.58. The molecule has 1 unspecified atom stereocenters. The lowest BCUT2D eigenvalue weighted by Crippen LogP contribution is -1.94. The Morgan fingerprint density at radius 1 is 1.12 bits per heavy atom. The summed E-state index contributed by atoms with van der Waals surface area (Å²) >= 11 is 11.9. The molecular formula is C11H6Br3FS. The van der Waals surface area contributed by atoms with Gasteiger partial charge in [0, 0.05) is 14.9 Å². The van der Waals surface area contributed by atoms with Crippen molar-refractivity contribution in [3.8, 4) is 0 Å². The molecule has 0 saturated heterocycles. The third-order valence-corrected chi connectivity index (χ3v) is 5.55. The van der Waals surface area contributed by atoms with Crippen molar-refractivity contribution in [1.29, 1.82) is 0 Å². The molecule has 1 atom stereocenters. The van der Waals surface area contributed by atoms with Crippen LogP contribution in [0.4, 0.5) is 4.39 Å². The van der Waals surface area contributed by atoms with Crippen LogP contribution in [0, 0.1) is 5.82 Å². The first-order valence-electron chi connectivity index (χ1n) is 4.42. The standard InChI is InChI=1S/C11H6Br3FS/c12-6-1-2-8(15)7(5-6)11(14)9-3-4-10(13)16-9/h1-5,11H. The van der Waals surface area contributed by atoms with Crippen molar-refractivity contribution in [1.82, 2.24) is 0 Å². The summed E-state index contributed by atoms with van der Waals surface area (Å²) < 4.78 is 15.6. The van der Waals surface area contributed by atoms with E-state index in [-0.39, 0.29) is 10.6 Å². The minimum atomic E-state index is -0.199. The monoisotopic (exact) mass is 426 g/mol. The second-order valence-electron chi connectivity index (χ2n) is 3.17. The maximum atomic E-state index is 13.7. The van der Waals surface area contributed by atoms with Crippen LogP contribution >= 0.6 is 59.1 Å². The van der Waals surface area contributed by atoms with Crippen molar-refractivity contribution < 1.29 is 4.39 Å².